The molecule has 5 aromatic rings. The Kier molecular flexibility index (Phi) is 15.8. The van der Waals surface area contributed by atoms with E-state index in [2.05, 4.69) is 122 Å². The molecule has 0 saturated heterocycles. The molecule has 5 aromatic carbocycles. The quantitative estimate of drug-likeness (QED) is 0.0417. The zero-order valence-electron chi connectivity index (χ0n) is 36.1. The number of rotatable bonds is 19. The molecule has 9 nitrogen and oxygen atoms in total. The number of benzene rings is 5. The molecule has 1 aliphatic rings. The normalized spacial score (nSPS) is 15.3. The van der Waals surface area contributed by atoms with Gasteiger partial charge < -0.3 is 15.5 Å². The zero-order valence-corrected chi connectivity index (χ0v) is 38.6. The first-order chi connectivity index (χ1) is 29.6. The summed E-state index contributed by atoms with van der Waals surface area (Å²) in [4.78, 5) is 6.86. The minimum absolute atomic E-state index is 0.0352. The third-order valence-electron chi connectivity index (χ3n) is 11.6. The van der Waals surface area contributed by atoms with Gasteiger partial charge >= 0.3 is 0 Å². The second-order valence-electron chi connectivity index (χ2n) is 16.2. The number of nitrogens with two attached hydrogens (primary N) is 1. The number of hydrogen-bond acceptors (Lipinski definition) is 8. The van der Waals surface area contributed by atoms with Crippen LogP contribution in [0.25, 0.3) is 21.5 Å². The lowest BCUT2D eigenvalue weighted by Crippen LogP contribution is -2.33. The van der Waals surface area contributed by atoms with E-state index >= 15 is 0 Å². The van der Waals surface area contributed by atoms with Gasteiger partial charge in [0.2, 0.25) is 0 Å². The van der Waals surface area contributed by atoms with Crippen LogP contribution in [-0.4, -0.2) is 56.6 Å². The highest BCUT2D eigenvalue weighted by Crippen LogP contribution is 2.42. The van der Waals surface area contributed by atoms with Crippen molar-refractivity contribution >= 4 is 70.6 Å². The van der Waals surface area contributed by atoms with Crippen molar-refractivity contribution in [2.24, 2.45) is 0 Å². The summed E-state index contributed by atoms with van der Waals surface area (Å²) in [6, 6.07) is 33.1. The number of anilines is 3. The summed E-state index contributed by atoms with van der Waals surface area (Å²) in [6.07, 6.45) is 13.6. The van der Waals surface area contributed by atoms with Gasteiger partial charge in [-0.25, -0.2) is 0 Å². The Balaban J connectivity index is 1.36. The van der Waals surface area contributed by atoms with Gasteiger partial charge in [0.15, 0.2) is 0 Å². The highest BCUT2D eigenvalue weighted by molar-refractivity contribution is 8.03. The number of aryl methyl sites for hydroxylation is 2. The van der Waals surface area contributed by atoms with Gasteiger partial charge in [0.05, 0.1) is 11.5 Å². The van der Waals surface area contributed by atoms with E-state index in [1.165, 1.54) is 21.4 Å². The van der Waals surface area contributed by atoms with Crippen LogP contribution in [0, 0.1) is 13.8 Å². The van der Waals surface area contributed by atoms with Crippen LogP contribution in [0.3, 0.4) is 0 Å². The number of hydrogen-bond donors (Lipinski definition) is 3. The van der Waals surface area contributed by atoms with Gasteiger partial charge in [-0.05, 0) is 159 Å². The first-order valence-corrected chi connectivity index (χ1v) is 25.4. The second-order valence-corrected chi connectivity index (χ2v) is 20.4. The molecule has 328 valence electrons. The molecule has 0 saturated carbocycles. The van der Waals surface area contributed by atoms with Crippen LogP contribution in [0.5, 0.6) is 0 Å². The summed E-state index contributed by atoms with van der Waals surface area (Å²) in [5.41, 5.74) is 14.7. The molecule has 12 heteroatoms. The predicted molar refractivity (Wildman–Crippen MR) is 261 cm³/mol. The number of allylic oxidation sites excluding steroid dienone is 6. The van der Waals surface area contributed by atoms with Crippen molar-refractivity contribution in [1.82, 2.24) is 0 Å². The zero-order chi connectivity index (χ0) is 44.4. The smallest absolute Gasteiger partial charge is 0.264 e. The number of fused-ring (bicyclic) bond motifs is 2. The van der Waals surface area contributed by atoms with Gasteiger partial charge in [0.1, 0.15) is 0 Å². The van der Waals surface area contributed by atoms with Crippen molar-refractivity contribution in [1.29, 1.82) is 0 Å². The summed E-state index contributed by atoms with van der Waals surface area (Å²) in [6.45, 7) is 9.73. The Hall–Kier alpha value is -4.85. The third-order valence-corrected chi connectivity index (χ3v) is 14.5. The number of thioether (sulfide) groups is 1. The van der Waals surface area contributed by atoms with Crippen LogP contribution in [0.15, 0.2) is 148 Å². The highest BCUT2D eigenvalue weighted by Gasteiger charge is 2.21. The fraction of sp³-hybridized carbons (Fsp3) is 0.320. The molecule has 1 unspecified atom stereocenters. The van der Waals surface area contributed by atoms with Gasteiger partial charge in [0, 0.05) is 51.7 Å². The van der Waals surface area contributed by atoms with Crippen LogP contribution in [0.1, 0.15) is 69.9 Å². The van der Waals surface area contributed by atoms with Crippen LogP contribution in [-0.2, 0) is 20.2 Å². The molecule has 1 atom stereocenters. The fourth-order valence-corrected chi connectivity index (χ4v) is 10.5. The lowest BCUT2D eigenvalue weighted by molar-refractivity contribution is 0.477. The van der Waals surface area contributed by atoms with Crippen molar-refractivity contribution in [3.63, 3.8) is 0 Å². The van der Waals surface area contributed by atoms with Gasteiger partial charge in [-0.2, -0.15) is 16.8 Å². The monoisotopic (exact) mass is 893 g/mol. The Morgan fingerprint density at radius 3 is 1.92 bits per heavy atom. The summed E-state index contributed by atoms with van der Waals surface area (Å²) in [7, 11) is -8.10. The summed E-state index contributed by atoms with van der Waals surface area (Å²) in [5.74, 6) is -0.541. The molecule has 0 fully saturated rings. The molecule has 0 radical (unpaired) electrons. The van der Waals surface area contributed by atoms with E-state index in [4.69, 9.17) is 5.73 Å². The predicted octanol–water partition coefficient (Wildman–Crippen LogP) is 11.8. The fourth-order valence-electron chi connectivity index (χ4n) is 8.26. The molecule has 0 aromatic heterocycles. The molecular formula is C50H59N3O6S3. The molecule has 0 spiro atoms. The Morgan fingerprint density at radius 1 is 0.742 bits per heavy atom. The molecule has 0 aliphatic heterocycles. The van der Waals surface area contributed by atoms with Crippen molar-refractivity contribution in [2.75, 3.05) is 40.1 Å². The maximum Gasteiger partial charge on any atom is 0.264 e. The van der Waals surface area contributed by atoms with E-state index < -0.39 is 20.2 Å². The van der Waals surface area contributed by atoms with E-state index in [1.807, 2.05) is 36.4 Å². The molecule has 0 amide bonds. The standard InChI is InChI=1S/C50H59N3O6S3/c1-36(52(32-9-11-34-61(54,55)56)48-30-24-40-14-5-7-18-46(40)38(48)3)20-22-42-16-13-17-43(50(42)60-45-28-26-44(51)27-29-45)23-21-37(2)53(33-10-12-35-62(57,58)59)49-31-25-41-15-6-8-19-47(41)39(49)4/h5-8,14-15,18-31,36H,9-13,16-17,32-35,51H2,1-4H3,(H,54,55,56)(H,57,58,59)/b22-20+,37-21+,43-23+. The Labute approximate surface area is 372 Å². The largest absolute Gasteiger partial charge is 0.399 e. The van der Waals surface area contributed by atoms with E-state index in [-0.39, 0.29) is 17.5 Å². The molecule has 0 bridgehead atoms. The second kappa shape index (κ2) is 21.0. The van der Waals surface area contributed by atoms with Gasteiger partial charge in [-0.3, -0.25) is 9.11 Å². The first-order valence-electron chi connectivity index (χ1n) is 21.3. The van der Waals surface area contributed by atoms with E-state index in [0.717, 1.165) is 68.5 Å². The van der Waals surface area contributed by atoms with Gasteiger partial charge in [-0.15, -0.1) is 0 Å². The lowest BCUT2D eigenvalue weighted by atomic mass is 9.93. The molecule has 0 heterocycles. The van der Waals surface area contributed by atoms with Crippen molar-refractivity contribution in [3.05, 3.63) is 154 Å². The SMILES string of the molecule is C/C(=C\C=C1/CCCC(/C=C/C(C)N(CCCCS(=O)(=O)O)c2ccc3ccccc3c2C)=C1Sc1ccc(N)cc1)N(CCCCS(=O)(=O)O)c1ccc2ccccc2c1C. The van der Waals surface area contributed by atoms with Crippen molar-refractivity contribution in [3.8, 4) is 0 Å². The topological polar surface area (TPSA) is 141 Å². The van der Waals surface area contributed by atoms with Crippen LogP contribution >= 0.6 is 11.8 Å². The maximum absolute atomic E-state index is 11.6. The van der Waals surface area contributed by atoms with Gasteiger partial charge in [-0.1, -0.05) is 90.7 Å². The van der Waals surface area contributed by atoms with Crippen molar-refractivity contribution in [2.45, 2.75) is 83.6 Å². The van der Waals surface area contributed by atoms with E-state index in [0.29, 0.717) is 44.5 Å². The third kappa shape index (κ3) is 12.6. The van der Waals surface area contributed by atoms with Gasteiger partial charge in [0.25, 0.3) is 20.2 Å². The average molecular weight is 894 g/mol. The Bertz CT molecular complexity index is 2720. The number of unbranched alkanes of at least 4 members (excludes halogenated alkanes) is 2. The summed E-state index contributed by atoms with van der Waals surface area (Å²) in [5, 5.41) is 4.65. The molecule has 1 aliphatic carbocycles. The van der Waals surface area contributed by atoms with Crippen molar-refractivity contribution < 1.29 is 25.9 Å². The maximum atomic E-state index is 11.6. The van der Waals surface area contributed by atoms with Crippen LogP contribution < -0.4 is 15.5 Å². The minimum Gasteiger partial charge on any atom is -0.399 e. The first kappa shape index (κ1) is 46.6. The molecule has 6 rings (SSSR count). The summed E-state index contributed by atoms with van der Waals surface area (Å²) < 4.78 is 65.1. The number of nitrogen functional groups attached to an aromatic ring is 1. The van der Waals surface area contributed by atoms with E-state index in [9.17, 15) is 25.9 Å². The molecular weight excluding hydrogens is 835 g/mol. The number of nitrogens with zero attached hydrogens (tertiary/aromatic N) is 2. The Morgan fingerprint density at radius 2 is 1.31 bits per heavy atom. The van der Waals surface area contributed by atoms with Crippen LogP contribution in [0.2, 0.25) is 0 Å². The minimum atomic E-state index is -4.05. The van der Waals surface area contributed by atoms with Crippen LogP contribution in [0.4, 0.5) is 17.1 Å². The summed E-state index contributed by atoms with van der Waals surface area (Å²) >= 11 is 1.74. The molecule has 4 N–H and O–H groups in total. The average Bonchev–Trinajstić information content (AvgIpc) is 3.23. The van der Waals surface area contributed by atoms with E-state index in [1.54, 1.807) is 11.8 Å². The lowest BCUT2D eigenvalue weighted by Gasteiger charge is -2.32. The molecule has 62 heavy (non-hydrogen) atoms. The highest BCUT2D eigenvalue weighted by atomic mass is 32.2.